The van der Waals surface area contributed by atoms with Crippen molar-refractivity contribution < 1.29 is 9.50 Å². The Hall–Kier alpha value is -0.640. The van der Waals surface area contributed by atoms with Crippen LogP contribution in [0.4, 0.5) is 4.39 Å². The number of rotatable bonds is 3. The van der Waals surface area contributed by atoms with Crippen molar-refractivity contribution in [1.82, 2.24) is 5.32 Å². The summed E-state index contributed by atoms with van der Waals surface area (Å²) in [5, 5.41) is 14.2. The van der Waals surface area contributed by atoms with E-state index in [1.54, 1.807) is 12.1 Å². The van der Waals surface area contributed by atoms with Crippen molar-refractivity contribution in [3.05, 3.63) is 34.6 Å². The van der Waals surface area contributed by atoms with Crippen LogP contribution in [0.1, 0.15) is 25.3 Å². The van der Waals surface area contributed by atoms with Gasteiger partial charge in [0.2, 0.25) is 0 Å². The summed E-state index contributed by atoms with van der Waals surface area (Å²) < 4.78 is 13.4. The van der Waals surface area contributed by atoms with E-state index in [1.807, 2.05) is 0 Å². The highest BCUT2D eigenvalue weighted by Gasteiger charge is 2.38. The van der Waals surface area contributed by atoms with Gasteiger partial charge >= 0.3 is 0 Å². The molecule has 1 fully saturated rings. The number of nitrogens with one attached hydrogen (secondary N) is 1. The summed E-state index contributed by atoms with van der Waals surface area (Å²) in [7, 11) is 0. The summed E-state index contributed by atoms with van der Waals surface area (Å²) in [6.45, 7) is 3.66. The number of hydrogen-bond donors (Lipinski definition) is 2. The van der Waals surface area contributed by atoms with E-state index in [-0.39, 0.29) is 10.9 Å². The third-order valence-corrected chi connectivity index (χ3v) is 4.33. The molecule has 4 heteroatoms. The van der Waals surface area contributed by atoms with Crippen LogP contribution in [0.15, 0.2) is 18.2 Å². The summed E-state index contributed by atoms with van der Waals surface area (Å²) in [5.74, 6) is -0.231. The van der Waals surface area contributed by atoms with Crippen molar-refractivity contribution in [3.63, 3.8) is 0 Å². The largest absolute Gasteiger partial charge is 0.389 e. The molecule has 0 bridgehead atoms. The van der Waals surface area contributed by atoms with Crippen LogP contribution in [-0.2, 0) is 6.42 Å². The van der Waals surface area contributed by atoms with Crippen molar-refractivity contribution in [2.75, 3.05) is 13.1 Å². The Morgan fingerprint density at radius 3 is 3.06 bits per heavy atom. The molecule has 1 aliphatic heterocycles. The zero-order valence-corrected chi connectivity index (χ0v) is 11.3. The third-order valence-electron chi connectivity index (χ3n) is 3.91. The molecule has 1 aromatic rings. The lowest BCUT2D eigenvalue weighted by molar-refractivity contribution is -0.0414. The molecule has 1 heterocycles. The van der Waals surface area contributed by atoms with Gasteiger partial charge in [0.05, 0.1) is 10.6 Å². The predicted octanol–water partition coefficient (Wildman–Crippen LogP) is 2.77. The quantitative estimate of drug-likeness (QED) is 0.886. The minimum Gasteiger partial charge on any atom is -0.389 e. The Bertz CT molecular complexity index is 426. The molecule has 0 spiro atoms. The number of aliphatic hydroxyl groups is 1. The number of halogens is 2. The van der Waals surface area contributed by atoms with Gasteiger partial charge in [0.1, 0.15) is 5.82 Å². The van der Waals surface area contributed by atoms with Gasteiger partial charge in [0, 0.05) is 18.9 Å². The van der Waals surface area contributed by atoms with Crippen LogP contribution < -0.4 is 5.32 Å². The van der Waals surface area contributed by atoms with Gasteiger partial charge in [-0.15, -0.1) is 0 Å². The fourth-order valence-electron chi connectivity index (χ4n) is 2.75. The van der Waals surface area contributed by atoms with E-state index in [2.05, 4.69) is 12.2 Å². The van der Waals surface area contributed by atoms with Crippen molar-refractivity contribution >= 4 is 11.6 Å². The summed E-state index contributed by atoms with van der Waals surface area (Å²) in [6.07, 6.45) is 2.00. The Morgan fingerprint density at radius 1 is 1.56 bits per heavy atom. The van der Waals surface area contributed by atoms with Crippen molar-refractivity contribution in [1.29, 1.82) is 0 Å². The molecular weight excluding hydrogens is 253 g/mol. The normalized spacial score (nSPS) is 28.3. The Kier molecular flexibility index (Phi) is 4.25. The number of piperidine rings is 1. The first kappa shape index (κ1) is 13.8. The van der Waals surface area contributed by atoms with Crippen LogP contribution in [0.2, 0.25) is 5.02 Å². The van der Waals surface area contributed by atoms with Gasteiger partial charge in [-0.1, -0.05) is 30.7 Å². The summed E-state index contributed by atoms with van der Waals surface area (Å²) in [6, 6.07) is 4.77. The van der Waals surface area contributed by atoms with Gasteiger partial charge in [-0.25, -0.2) is 4.39 Å². The standard InChI is InChI=1S/C14H19ClFNO/c1-2-11-9-17-7-6-14(11,18)8-10-4-3-5-12(16)13(10)15/h3-5,11,17-18H,2,6-9H2,1H3. The van der Waals surface area contributed by atoms with Gasteiger partial charge < -0.3 is 10.4 Å². The van der Waals surface area contributed by atoms with Crippen LogP contribution in [0.25, 0.3) is 0 Å². The molecule has 0 amide bonds. The topological polar surface area (TPSA) is 32.3 Å². The first-order chi connectivity index (χ1) is 8.57. The molecule has 1 saturated heterocycles. The molecule has 0 saturated carbocycles. The highest BCUT2D eigenvalue weighted by molar-refractivity contribution is 6.31. The van der Waals surface area contributed by atoms with Crippen LogP contribution in [-0.4, -0.2) is 23.8 Å². The van der Waals surface area contributed by atoms with E-state index in [4.69, 9.17) is 11.6 Å². The van der Waals surface area contributed by atoms with E-state index in [9.17, 15) is 9.50 Å². The van der Waals surface area contributed by atoms with Crippen molar-refractivity contribution in [2.24, 2.45) is 5.92 Å². The Labute approximate surface area is 112 Å². The van der Waals surface area contributed by atoms with Crippen molar-refractivity contribution in [3.8, 4) is 0 Å². The van der Waals surface area contributed by atoms with Crippen LogP contribution in [0.3, 0.4) is 0 Å². The maximum Gasteiger partial charge on any atom is 0.142 e. The lowest BCUT2D eigenvalue weighted by Gasteiger charge is -2.40. The van der Waals surface area contributed by atoms with E-state index in [0.717, 1.165) is 19.5 Å². The minimum atomic E-state index is -0.780. The maximum atomic E-state index is 13.4. The second-order valence-electron chi connectivity index (χ2n) is 5.05. The fourth-order valence-corrected chi connectivity index (χ4v) is 2.94. The highest BCUT2D eigenvalue weighted by atomic mass is 35.5. The molecule has 2 atom stereocenters. The molecule has 2 N–H and O–H groups in total. The number of hydrogen-bond acceptors (Lipinski definition) is 2. The van der Waals surface area contributed by atoms with E-state index < -0.39 is 11.4 Å². The van der Waals surface area contributed by atoms with Gasteiger partial charge in [-0.2, -0.15) is 0 Å². The second kappa shape index (κ2) is 5.55. The predicted molar refractivity (Wildman–Crippen MR) is 71.3 cm³/mol. The second-order valence-corrected chi connectivity index (χ2v) is 5.43. The van der Waals surface area contributed by atoms with Crippen LogP contribution in [0, 0.1) is 11.7 Å². The lowest BCUT2D eigenvalue weighted by Crippen LogP contribution is -2.51. The fraction of sp³-hybridized carbons (Fsp3) is 0.571. The summed E-state index contributed by atoms with van der Waals surface area (Å²) in [4.78, 5) is 0. The van der Waals surface area contributed by atoms with Gasteiger partial charge in [-0.05, 0) is 31.0 Å². The van der Waals surface area contributed by atoms with E-state index >= 15 is 0 Å². The smallest absolute Gasteiger partial charge is 0.142 e. The average Bonchev–Trinajstić information content (AvgIpc) is 2.35. The Balaban J connectivity index is 2.23. The molecule has 2 unspecified atom stereocenters. The molecule has 1 aromatic carbocycles. The Morgan fingerprint density at radius 2 is 2.33 bits per heavy atom. The monoisotopic (exact) mass is 271 g/mol. The molecule has 18 heavy (non-hydrogen) atoms. The zero-order valence-electron chi connectivity index (χ0n) is 10.5. The van der Waals surface area contributed by atoms with Crippen LogP contribution in [0.5, 0.6) is 0 Å². The van der Waals surface area contributed by atoms with Gasteiger partial charge in [0.15, 0.2) is 0 Å². The van der Waals surface area contributed by atoms with Gasteiger partial charge in [0.25, 0.3) is 0 Å². The molecule has 100 valence electrons. The first-order valence-electron chi connectivity index (χ1n) is 6.43. The third kappa shape index (κ3) is 2.68. The number of benzene rings is 1. The minimum absolute atomic E-state index is 0.138. The average molecular weight is 272 g/mol. The highest BCUT2D eigenvalue weighted by Crippen LogP contribution is 2.33. The van der Waals surface area contributed by atoms with E-state index in [0.29, 0.717) is 18.4 Å². The molecule has 0 aromatic heterocycles. The molecular formula is C14H19ClFNO. The molecule has 1 aliphatic rings. The van der Waals surface area contributed by atoms with E-state index in [1.165, 1.54) is 6.07 Å². The molecule has 0 radical (unpaired) electrons. The maximum absolute atomic E-state index is 13.4. The van der Waals surface area contributed by atoms with Gasteiger partial charge in [-0.3, -0.25) is 0 Å². The molecule has 2 nitrogen and oxygen atoms in total. The van der Waals surface area contributed by atoms with Crippen molar-refractivity contribution in [2.45, 2.75) is 31.8 Å². The summed E-state index contributed by atoms with van der Waals surface area (Å²) in [5.41, 5.74) is -0.0863. The SMILES string of the molecule is CCC1CNCCC1(O)Cc1cccc(F)c1Cl. The molecule has 2 rings (SSSR count). The molecule has 0 aliphatic carbocycles. The lowest BCUT2D eigenvalue weighted by atomic mass is 9.76. The van der Waals surface area contributed by atoms with Crippen LogP contribution >= 0.6 is 11.6 Å². The zero-order chi connectivity index (χ0) is 13.2. The first-order valence-corrected chi connectivity index (χ1v) is 6.80. The summed E-state index contributed by atoms with van der Waals surface area (Å²) >= 11 is 5.96.